The Labute approximate surface area is 114 Å². The van der Waals surface area contributed by atoms with Crippen LogP contribution >= 0.6 is 0 Å². The molecule has 4 nitrogen and oxygen atoms in total. The molecule has 0 amide bonds. The van der Waals surface area contributed by atoms with Crippen molar-refractivity contribution >= 4 is 0 Å². The minimum absolute atomic E-state index is 0.716. The van der Waals surface area contributed by atoms with Gasteiger partial charge in [-0.1, -0.05) is 0 Å². The Balaban J connectivity index is 0.000000184. The van der Waals surface area contributed by atoms with Gasteiger partial charge in [0.25, 0.3) is 0 Å². The van der Waals surface area contributed by atoms with E-state index in [-0.39, 0.29) is 0 Å². The molecule has 0 aromatic heterocycles. The molecule has 2 fully saturated rings. The molecule has 2 aliphatic rings. The molecule has 18 heavy (non-hydrogen) atoms. The number of nitrogens with zero attached hydrogens (tertiary/aromatic N) is 4. The van der Waals surface area contributed by atoms with E-state index in [0.29, 0.717) is 12.1 Å². The summed E-state index contributed by atoms with van der Waals surface area (Å²) in [6, 6.07) is 1.43. The molecule has 0 spiro atoms. The third kappa shape index (κ3) is 5.22. The van der Waals surface area contributed by atoms with Gasteiger partial charge in [0.1, 0.15) is 0 Å². The van der Waals surface area contributed by atoms with Crippen molar-refractivity contribution in [3.63, 3.8) is 0 Å². The molecule has 4 heteroatoms. The lowest BCUT2D eigenvalue weighted by Crippen LogP contribution is -2.53. The summed E-state index contributed by atoms with van der Waals surface area (Å²) in [6.45, 7) is 11.9. The Morgan fingerprint density at radius 2 is 0.944 bits per heavy atom. The van der Waals surface area contributed by atoms with E-state index in [4.69, 9.17) is 0 Å². The highest BCUT2D eigenvalue weighted by Crippen LogP contribution is 2.10. The van der Waals surface area contributed by atoms with E-state index >= 15 is 0 Å². The molecule has 0 saturated carbocycles. The molecule has 2 aliphatic heterocycles. The van der Waals surface area contributed by atoms with Gasteiger partial charge in [-0.3, -0.25) is 4.90 Å². The van der Waals surface area contributed by atoms with Gasteiger partial charge in [-0.05, 0) is 42.0 Å². The zero-order valence-corrected chi connectivity index (χ0v) is 13.2. The fourth-order valence-corrected chi connectivity index (χ4v) is 2.58. The molecular formula is C14H32N4. The van der Waals surface area contributed by atoms with E-state index in [0.717, 1.165) is 0 Å². The summed E-state index contributed by atoms with van der Waals surface area (Å²) in [7, 11) is 8.75. The van der Waals surface area contributed by atoms with E-state index < -0.39 is 0 Å². The molecule has 0 aliphatic carbocycles. The molecule has 2 saturated heterocycles. The van der Waals surface area contributed by atoms with Crippen LogP contribution in [0.3, 0.4) is 0 Å². The molecule has 0 aromatic rings. The SMILES string of the molecule is CC1CN(C)CC(C)N1C.CN1CCN(C)CC1. The highest BCUT2D eigenvalue weighted by molar-refractivity contribution is 4.80. The van der Waals surface area contributed by atoms with Crippen molar-refractivity contribution in [2.24, 2.45) is 0 Å². The lowest BCUT2D eigenvalue weighted by Gasteiger charge is -2.40. The number of hydrogen-bond donors (Lipinski definition) is 0. The van der Waals surface area contributed by atoms with Crippen LogP contribution in [0, 0.1) is 0 Å². The van der Waals surface area contributed by atoms with Gasteiger partial charge in [-0.15, -0.1) is 0 Å². The van der Waals surface area contributed by atoms with Crippen molar-refractivity contribution in [3.8, 4) is 0 Å². The maximum atomic E-state index is 2.44. The van der Waals surface area contributed by atoms with Gasteiger partial charge in [0, 0.05) is 51.4 Å². The summed E-state index contributed by atoms with van der Waals surface area (Å²) >= 11 is 0. The largest absolute Gasteiger partial charge is 0.304 e. The van der Waals surface area contributed by atoms with Crippen LogP contribution in [0.1, 0.15) is 13.8 Å². The van der Waals surface area contributed by atoms with Gasteiger partial charge < -0.3 is 14.7 Å². The Kier molecular flexibility index (Phi) is 6.57. The number of piperazine rings is 2. The fourth-order valence-electron chi connectivity index (χ4n) is 2.58. The zero-order valence-electron chi connectivity index (χ0n) is 13.2. The Morgan fingerprint density at radius 1 is 0.611 bits per heavy atom. The van der Waals surface area contributed by atoms with Crippen molar-refractivity contribution in [1.82, 2.24) is 19.6 Å². The van der Waals surface area contributed by atoms with Crippen molar-refractivity contribution < 1.29 is 0 Å². The first-order valence-electron chi connectivity index (χ1n) is 7.17. The minimum Gasteiger partial charge on any atom is -0.304 e. The molecule has 108 valence electrons. The fraction of sp³-hybridized carbons (Fsp3) is 1.00. The van der Waals surface area contributed by atoms with Crippen molar-refractivity contribution in [3.05, 3.63) is 0 Å². The highest BCUT2D eigenvalue weighted by atomic mass is 15.3. The Morgan fingerprint density at radius 3 is 1.28 bits per heavy atom. The van der Waals surface area contributed by atoms with Gasteiger partial charge in [-0.2, -0.15) is 0 Å². The van der Waals surface area contributed by atoms with Crippen molar-refractivity contribution in [1.29, 1.82) is 0 Å². The van der Waals surface area contributed by atoms with E-state index in [1.54, 1.807) is 0 Å². The van der Waals surface area contributed by atoms with E-state index in [1.165, 1.54) is 39.3 Å². The van der Waals surface area contributed by atoms with Gasteiger partial charge in [0.15, 0.2) is 0 Å². The lowest BCUT2D eigenvalue weighted by atomic mass is 10.1. The Hall–Kier alpha value is -0.160. The van der Waals surface area contributed by atoms with Crippen LogP contribution in [0.25, 0.3) is 0 Å². The molecule has 0 N–H and O–H groups in total. The van der Waals surface area contributed by atoms with Gasteiger partial charge in [-0.25, -0.2) is 0 Å². The van der Waals surface area contributed by atoms with Crippen LogP contribution in [0.5, 0.6) is 0 Å². The predicted octanol–water partition coefficient (Wildman–Crippen LogP) is 0.504. The molecule has 0 bridgehead atoms. The average Bonchev–Trinajstić information content (AvgIpc) is 2.31. The second-order valence-corrected chi connectivity index (χ2v) is 6.19. The Bertz CT molecular complexity index is 204. The first-order valence-corrected chi connectivity index (χ1v) is 7.17. The van der Waals surface area contributed by atoms with Gasteiger partial charge in [0.2, 0.25) is 0 Å². The molecule has 0 radical (unpaired) electrons. The maximum absolute atomic E-state index is 2.44. The molecule has 2 atom stereocenters. The molecule has 0 aromatic carbocycles. The smallest absolute Gasteiger partial charge is 0.0195 e. The van der Waals surface area contributed by atoms with Crippen LogP contribution in [0.4, 0.5) is 0 Å². The first-order chi connectivity index (χ1) is 8.40. The van der Waals surface area contributed by atoms with Gasteiger partial charge in [0.05, 0.1) is 0 Å². The summed E-state index contributed by atoms with van der Waals surface area (Å²) in [5, 5.41) is 0. The predicted molar refractivity (Wildman–Crippen MR) is 79.2 cm³/mol. The quantitative estimate of drug-likeness (QED) is 0.626. The van der Waals surface area contributed by atoms with Crippen LogP contribution in [0.15, 0.2) is 0 Å². The second-order valence-electron chi connectivity index (χ2n) is 6.19. The van der Waals surface area contributed by atoms with Crippen LogP contribution in [-0.4, -0.2) is 99.1 Å². The van der Waals surface area contributed by atoms with Crippen LogP contribution in [0.2, 0.25) is 0 Å². The summed E-state index contributed by atoms with van der Waals surface area (Å²) in [4.78, 5) is 9.56. The van der Waals surface area contributed by atoms with E-state index in [1.807, 2.05) is 0 Å². The topological polar surface area (TPSA) is 13.0 Å². The highest BCUT2D eigenvalue weighted by Gasteiger charge is 2.23. The van der Waals surface area contributed by atoms with Crippen molar-refractivity contribution in [2.45, 2.75) is 25.9 Å². The van der Waals surface area contributed by atoms with Crippen LogP contribution in [-0.2, 0) is 0 Å². The second kappa shape index (κ2) is 7.43. The standard InChI is InChI=1S/C8H18N2.C6H14N2/c1-7-5-9(3)6-8(2)10(7)4;1-7-3-5-8(2)6-4-7/h7-8H,5-6H2,1-4H3;3-6H2,1-2H3. The monoisotopic (exact) mass is 256 g/mol. The third-order valence-corrected chi connectivity index (χ3v) is 4.27. The normalized spacial score (nSPS) is 33.0. The maximum Gasteiger partial charge on any atom is 0.0195 e. The summed E-state index contributed by atoms with van der Waals surface area (Å²) in [5.41, 5.74) is 0. The lowest BCUT2D eigenvalue weighted by molar-refractivity contribution is 0.0761. The summed E-state index contributed by atoms with van der Waals surface area (Å²) < 4.78 is 0. The van der Waals surface area contributed by atoms with Gasteiger partial charge >= 0.3 is 0 Å². The summed E-state index contributed by atoms with van der Waals surface area (Å²) in [6.07, 6.45) is 0. The molecular weight excluding hydrogens is 224 g/mol. The van der Waals surface area contributed by atoms with E-state index in [2.05, 4.69) is 61.6 Å². The molecule has 2 heterocycles. The zero-order chi connectivity index (χ0) is 13.7. The summed E-state index contributed by atoms with van der Waals surface area (Å²) in [5.74, 6) is 0. The van der Waals surface area contributed by atoms with E-state index in [9.17, 15) is 0 Å². The first kappa shape index (κ1) is 15.9. The number of likely N-dealkylation sites (N-methyl/N-ethyl adjacent to an activating group) is 4. The number of rotatable bonds is 0. The number of hydrogen-bond acceptors (Lipinski definition) is 4. The molecule has 2 rings (SSSR count). The van der Waals surface area contributed by atoms with Crippen LogP contribution < -0.4 is 0 Å². The third-order valence-electron chi connectivity index (χ3n) is 4.27. The van der Waals surface area contributed by atoms with Crippen molar-refractivity contribution in [2.75, 3.05) is 67.5 Å². The average molecular weight is 256 g/mol. The minimum atomic E-state index is 0.716. The molecule has 2 unspecified atom stereocenters.